The van der Waals surface area contributed by atoms with Gasteiger partial charge in [-0.25, -0.2) is 17.8 Å². The van der Waals surface area contributed by atoms with Crippen LogP contribution in [0.4, 0.5) is 4.39 Å². The number of hydrogen-bond acceptors (Lipinski definition) is 5. The molecule has 34 heavy (non-hydrogen) atoms. The van der Waals surface area contributed by atoms with Crippen molar-refractivity contribution in [3.63, 3.8) is 0 Å². The zero-order chi connectivity index (χ0) is 25.0. The monoisotopic (exact) mass is 513 g/mol. The van der Waals surface area contributed by atoms with Crippen molar-refractivity contribution in [2.75, 3.05) is 5.75 Å². The fourth-order valence-electron chi connectivity index (χ4n) is 3.95. The van der Waals surface area contributed by atoms with Crippen LogP contribution < -0.4 is 15.6 Å². The largest absolute Gasteiger partial charge is 0.353 e. The van der Waals surface area contributed by atoms with Crippen molar-refractivity contribution >= 4 is 33.4 Å². The summed E-state index contributed by atoms with van der Waals surface area (Å²) in [5, 5.41) is 2.67. The molecule has 0 aliphatic heterocycles. The van der Waals surface area contributed by atoms with Crippen molar-refractivity contribution in [2.45, 2.75) is 45.6 Å². The maximum absolute atomic E-state index is 14.5. The molecule has 0 spiro atoms. The second-order valence-electron chi connectivity index (χ2n) is 8.97. The molecular formula is C22H29ClFN5O4S. The maximum Gasteiger partial charge on any atom is 0.269 e. The van der Waals surface area contributed by atoms with Crippen LogP contribution in [0.1, 0.15) is 49.9 Å². The van der Waals surface area contributed by atoms with Crippen LogP contribution in [0.25, 0.3) is 11.3 Å². The van der Waals surface area contributed by atoms with Crippen LogP contribution in [0.5, 0.6) is 0 Å². The molecule has 1 aromatic heterocycles. The Bertz CT molecular complexity index is 1170. The Morgan fingerprint density at radius 2 is 2.03 bits per heavy atom. The number of aromatic nitrogens is 2. The molecule has 1 aromatic carbocycles. The van der Waals surface area contributed by atoms with Gasteiger partial charge in [0, 0.05) is 30.8 Å². The molecule has 1 heterocycles. The number of rotatable bonds is 8. The average Bonchev–Trinajstić information content (AvgIpc) is 3.20. The van der Waals surface area contributed by atoms with E-state index in [1.807, 2.05) is 4.83 Å². The number of sulfonamides is 1. The zero-order valence-corrected chi connectivity index (χ0v) is 20.8. The summed E-state index contributed by atoms with van der Waals surface area (Å²) in [5.74, 6) is -2.56. The molecule has 186 valence electrons. The van der Waals surface area contributed by atoms with E-state index < -0.39 is 27.3 Å². The third kappa shape index (κ3) is 6.77. The molecular weight excluding hydrogens is 485 g/mol. The average molecular weight is 514 g/mol. The minimum atomic E-state index is -3.90. The second-order valence-corrected chi connectivity index (χ2v) is 11.1. The van der Waals surface area contributed by atoms with Crippen LogP contribution in [0.15, 0.2) is 24.7 Å². The highest BCUT2D eigenvalue weighted by Crippen LogP contribution is 2.27. The molecule has 3 N–H and O–H groups in total. The van der Waals surface area contributed by atoms with Crippen LogP contribution in [0, 0.1) is 17.7 Å². The summed E-state index contributed by atoms with van der Waals surface area (Å²) in [6, 6.07) is 2.53. The van der Waals surface area contributed by atoms with E-state index in [0.717, 1.165) is 12.8 Å². The third-order valence-electron chi connectivity index (χ3n) is 5.70. The van der Waals surface area contributed by atoms with Crippen LogP contribution in [-0.4, -0.2) is 41.6 Å². The number of aryl methyl sites for hydroxylation is 1. The number of imidazole rings is 1. The molecule has 12 heteroatoms. The first kappa shape index (κ1) is 26.1. The number of nitrogens with zero attached hydrogens (tertiary/aromatic N) is 2. The fourth-order valence-corrected chi connectivity index (χ4v) is 5.42. The van der Waals surface area contributed by atoms with Gasteiger partial charge in [0.25, 0.3) is 5.91 Å². The van der Waals surface area contributed by atoms with E-state index in [4.69, 9.17) is 11.6 Å². The van der Waals surface area contributed by atoms with Gasteiger partial charge >= 0.3 is 0 Å². The van der Waals surface area contributed by atoms with Gasteiger partial charge in [-0.2, -0.15) is 0 Å². The number of amides is 2. The lowest BCUT2D eigenvalue weighted by atomic mass is 9.86. The lowest BCUT2D eigenvalue weighted by Crippen LogP contribution is -2.46. The Kier molecular flexibility index (Phi) is 8.32. The van der Waals surface area contributed by atoms with Gasteiger partial charge in [-0.15, -0.1) is 4.83 Å². The summed E-state index contributed by atoms with van der Waals surface area (Å²) >= 11 is 5.95. The number of nitrogens with one attached hydrogen (secondary N) is 3. The molecule has 0 radical (unpaired) electrons. The molecule has 0 saturated heterocycles. The second kappa shape index (κ2) is 10.8. The molecule has 2 aromatic rings. The van der Waals surface area contributed by atoms with Gasteiger partial charge in [-0.05, 0) is 37.3 Å². The highest BCUT2D eigenvalue weighted by Gasteiger charge is 2.28. The molecule has 2 amide bonds. The van der Waals surface area contributed by atoms with E-state index in [9.17, 15) is 22.4 Å². The SMILES string of the molecule is CC(C)C(=O)NC1CCCC(CS(=O)(=O)NNC(=O)c2cc(-c3cn(C)cn3)cc(Cl)c2F)C1. The van der Waals surface area contributed by atoms with E-state index in [0.29, 0.717) is 24.1 Å². The summed E-state index contributed by atoms with van der Waals surface area (Å²) in [7, 11) is -2.14. The molecule has 1 saturated carbocycles. The van der Waals surface area contributed by atoms with Crippen molar-refractivity contribution in [1.82, 2.24) is 25.1 Å². The first-order valence-corrected chi connectivity index (χ1v) is 13.1. The van der Waals surface area contributed by atoms with E-state index in [1.54, 1.807) is 38.0 Å². The molecule has 1 fully saturated rings. The smallest absolute Gasteiger partial charge is 0.269 e. The van der Waals surface area contributed by atoms with Crippen LogP contribution in [0.2, 0.25) is 5.02 Å². The Morgan fingerprint density at radius 1 is 1.29 bits per heavy atom. The van der Waals surface area contributed by atoms with Gasteiger partial charge in [-0.3, -0.25) is 15.0 Å². The summed E-state index contributed by atoms with van der Waals surface area (Å²) in [6.45, 7) is 3.60. The maximum atomic E-state index is 14.5. The zero-order valence-electron chi connectivity index (χ0n) is 19.3. The van der Waals surface area contributed by atoms with Crippen molar-refractivity contribution in [2.24, 2.45) is 18.9 Å². The third-order valence-corrected chi connectivity index (χ3v) is 7.30. The van der Waals surface area contributed by atoms with Crippen molar-refractivity contribution in [3.05, 3.63) is 41.1 Å². The normalized spacial score (nSPS) is 18.6. The standard InChI is InChI=1S/C22H29ClFN5O4S/c1-13(2)21(30)26-16-6-4-5-14(7-16)11-34(32,33)28-27-22(31)17-8-15(9-18(23)20(17)24)19-10-29(3)12-25-19/h8-10,12-14,16,28H,4-7,11H2,1-3H3,(H,26,30)(H,27,31). The molecule has 1 aliphatic rings. The van der Waals surface area contributed by atoms with Gasteiger partial charge in [-0.1, -0.05) is 31.9 Å². The summed E-state index contributed by atoms with van der Waals surface area (Å²) in [5.41, 5.74) is 2.55. The minimum absolute atomic E-state index is 0.0625. The molecule has 3 rings (SSSR count). The van der Waals surface area contributed by atoms with Gasteiger partial charge in [0.15, 0.2) is 5.82 Å². The highest BCUT2D eigenvalue weighted by atomic mass is 35.5. The molecule has 2 atom stereocenters. The van der Waals surface area contributed by atoms with Gasteiger partial charge in [0.2, 0.25) is 15.9 Å². The Labute approximate surface area is 203 Å². The Balaban J connectivity index is 1.63. The number of hydrazine groups is 1. The quantitative estimate of drug-likeness (QED) is 0.468. The molecule has 0 bridgehead atoms. The fraction of sp³-hybridized carbons (Fsp3) is 0.500. The number of carbonyl (C=O) groups is 2. The van der Waals surface area contributed by atoms with Crippen LogP contribution >= 0.6 is 11.6 Å². The highest BCUT2D eigenvalue weighted by molar-refractivity contribution is 7.89. The molecule has 9 nitrogen and oxygen atoms in total. The summed E-state index contributed by atoms with van der Waals surface area (Å²) < 4.78 is 41.3. The van der Waals surface area contributed by atoms with E-state index in [-0.39, 0.29) is 34.6 Å². The van der Waals surface area contributed by atoms with Crippen molar-refractivity contribution in [1.29, 1.82) is 0 Å². The number of benzene rings is 1. The van der Waals surface area contributed by atoms with Crippen LogP contribution in [-0.2, 0) is 21.9 Å². The minimum Gasteiger partial charge on any atom is -0.353 e. The predicted molar refractivity (Wildman–Crippen MR) is 127 cm³/mol. The predicted octanol–water partition coefficient (Wildman–Crippen LogP) is 2.77. The van der Waals surface area contributed by atoms with E-state index >= 15 is 0 Å². The molecule has 1 aliphatic carbocycles. The Morgan fingerprint density at radius 3 is 2.68 bits per heavy atom. The summed E-state index contributed by atoms with van der Waals surface area (Å²) in [4.78, 5) is 30.7. The van der Waals surface area contributed by atoms with Crippen molar-refractivity contribution in [3.8, 4) is 11.3 Å². The van der Waals surface area contributed by atoms with Gasteiger partial charge in [0.1, 0.15) is 0 Å². The van der Waals surface area contributed by atoms with Crippen LogP contribution in [0.3, 0.4) is 0 Å². The van der Waals surface area contributed by atoms with Crippen molar-refractivity contribution < 1.29 is 22.4 Å². The summed E-state index contributed by atoms with van der Waals surface area (Å²) in [6.07, 6.45) is 6.04. The van der Waals surface area contributed by atoms with Gasteiger partial charge in [0.05, 0.1) is 28.4 Å². The number of halogens is 2. The van der Waals surface area contributed by atoms with E-state index in [1.165, 1.54) is 12.1 Å². The first-order valence-electron chi connectivity index (χ1n) is 11.0. The topological polar surface area (TPSA) is 122 Å². The number of hydrogen-bond donors (Lipinski definition) is 3. The Hall–Kier alpha value is -2.50. The van der Waals surface area contributed by atoms with E-state index in [2.05, 4.69) is 15.7 Å². The number of carbonyl (C=O) groups excluding carboxylic acids is 2. The lowest BCUT2D eigenvalue weighted by molar-refractivity contribution is -0.125. The lowest BCUT2D eigenvalue weighted by Gasteiger charge is -2.30. The van der Waals surface area contributed by atoms with Gasteiger partial charge < -0.3 is 9.88 Å². The molecule has 2 unspecified atom stereocenters. The first-order chi connectivity index (χ1) is 15.9.